The van der Waals surface area contributed by atoms with Crippen LogP contribution in [0.4, 0.5) is 0 Å². The molecule has 1 rings (SSSR count). The molecule has 0 saturated carbocycles. The van der Waals surface area contributed by atoms with Crippen molar-refractivity contribution in [3.63, 3.8) is 0 Å². The van der Waals surface area contributed by atoms with Gasteiger partial charge >= 0.3 is 0 Å². The molecule has 0 N–H and O–H groups in total. The van der Waals surface area contributed by atoms with Gasteiger partial charge < -0.3 is 4.74 Å². The lowest BCUT2D eigenvalue weighted by molar-refractivity contribution is -0.107. The van der Waals surface area contributed by atoms with Crippen molar-refractivity contribution in [1.82, 2.24) is 4.98 Å². The highest BCUT2D eigenvalue weighted by Crippen LogP contribution is 2.14. The summed E-state index contributed by atoms with van der Waals surface area (Å²) in [4.78, 5) is 14.7. The van der Waals surface area contributed by atoms with Crippen LogP contribution in [0.3, 0.4) is 0 Å². The molecule has 0 bridgehead atoms. The predicted molar refractivity (Wildman–Crippen MR) is 53.8 cm³/mol. The monoisotopic (exact) mass is 191 g/mol. The fourth-order valence-electron chi connectivity index (χ4n) is 1.13. The molecule has 0 aliphatic carbocycles. The molecule has 0 amide bonds. The van der Waals surface area contributed by atoms with E-state index in [1.807, 2.05) is 25.1 Å². The van der Waals surface area contributed by atoms with E-state index in [1.54, 1.807) is 12.3 Å². The van der Waals surface area contributed by atoms with Crippen molar-refractivity contribution in [2.75, 3.05) is 7.11 Å². The van der Waals surface area contributed by atoms with Gasteiger partial charge in [0.05, 0.1) is 7.11 Å². The molecule has 0 radical (unpaired) electrons. The molecule has 0 spiro atoms. The van der Waals surface area contributed by atoms with Crippen LogP contribution in [-0.4, -0.2) is 18.4 Å². The highest BCUT2D eigenvalue weighted by Gasteiger charge is 2.04. The Balaban J connectivity index is 2.81. The fourth-order valence-corrected chi connectivity index (χ4v) is 1.13. The number of aromatic nitrogens is 1. The van der Waals surface area contributed by atoms with Gasteiger partial charge in [-0.2, -0.15) is 0 Å². The summed E-state index contributed by atoms with van der Waals surface area (Å²) in [7, 11) is 1.48. The van der Waals surface area contributed by atoms with Gasteiger partial charge in [-0.25, -0.2) is 0 Å². The van der Waals surface area contributed by atoms with Gasteiger partial charge in [-0.05, 0) is 18.2 Å². The Kier molecular flexibility index (Phi) is 3.85. The number of rotatable bonds is 4. The van der Waals surface area contributed by atoms with Gasteiger partial charge in [-0.1, -0.05) is 13.0 Å². The summed E-state index contributed by atoms with van der Waals surface area (Å²) < 4.78 is 4.86. The molecule has 1 aromatic rings. The van der Waals surface area contributed by atoms with Gasteiger partial charge in [0.2, 0.25) is 0 Å². The Morgan fingerprint density at radius 1 is 1.57 bits per heavy atom. The first kappa shape index (κ1) is 10.4. The first-order valence-electron chi connectivity index (χ1n) is 4.40. The molecule has 1 aromatic heterocycles. The van der Waals surface area contributed by atoms with Gasteiger partial charge in [-0.15, -0.1) is 0 Å². The minimum absolute atomic E-state index is 0.0800. The Morgan fingerprint density at radius 2 is 2.36 bits per heavy atom. The zero-order valence-corrected chi connectivity index (χ0v) is 8.31. The van der Waals surface area contributed by atoms with Crippen LogP contribution in [0.5, 0.6) is 0 Å². The summed E-state index contributed by atoms with van der Waals surface area (Å²) in [5, 5.41) is 0. The molecular weight excluding hydrogens is 178 g/mol. The van der Waals surface area contributed by atoms with E-state index in [0.29, 0.717) is 12.0 Å². The Hall–Kier alpha value is -1.64. The highest BCUT2D eigenvalue weighted by molar-refractivity contribution is 5.70. The molecular formula is C11H13NO2. The number of pyridine rings is 1. The molecule has 0 aliphatic heterocycles. The summed E-state index contributed by atoms with van der Waals surface area (Å²) in [5.74, 6) is 0.416. The molecule has 1 atom stereocenters. The van der Waals surface area contributed by atoms with E-state index < -0.39 is 0 Å². The standard InChI is InChI=1S/C11H13NO2/c1-9(7-10(8-13)14-2)11-5-3-4-6-12-11/h3-9H,1-2H3/b10-7-. The van der Waals surface area contributed by atoms with E-state index >= 15 is 0 Å². The number of nitrogens with zero attached hydrogens (tertiary/aromatic N) is 1. The molecule has 0 aliphatic rings. The Morgan fingerprint density at radius 3 is 2.86 bits per heavy atom. The van der Waals surface area contributed by atoms with Crippen molar-refractivity contribution in [1.29, 1.82) is 0 Å². The quantitative estimate of drug-likeness (QED) is 0.414. The van der Waals surface area contributed by atoms with Crippen LogP contribution in [0.1, 0.15) is 18.5 Å². The first-order chi connectivity index (χ1) is 6.77. The third-order valence-electron chi connectivity index (χ3n) is 1.92. The van der Waals surface area contributed by atoms with E-state index in [1.165, 1.54) is 7.11 Å². The van der Waals surface area contributed by atoms with Crippen molar-refractivity contribution in [3.05, 3.63) is 41.9 Å². The zero-order valence-electron chi connectivity index (χ0n) is 8.31. The Bertz CT molecular complexity index is 319. The molecule has 74 valence electrons. The third kappa shape index (κ3) is 2.69. The molecule has 0 aromatic carbocycles. The van der Waals surface area contributed by atoms with Gasteiger partial charge in [0.25, 0.3) is 0 Å². The van der Waals surface area contributed by atoms with Gasteiger partial charge in [0.1, 0.15) is 0 Å². The van der Waals surface area contributed by atoms with E-state index in [4.69, 9.17) is 4.74 Å². The van der Waals surface area contributed by atoms with Crippen molar-refractivity contribution in [2.45, 2.75) is 12.8 Å². The molecule has 0 saturated heterocycles. The first-order valence-corrected chi connectivity index (χ1v) is 4.40. The van der Waals surface area contributed by atoms with Crippen LogP contribution in [0.2, 0.25) is 0 Å². The average Bonchev–Trinajstić information content (AvgIpc) is 2.26. The summed E-state index contributed by atoms with van der Waals surface area (Å²) in [6.45, 7) is 1.96. The molecule has 1 heterocycles. The van der Waals surface area contributed by atoms with Crippen molar-refractivity contribution in [2.24, 2.45) is 0 Å². The number of aldehydes is 1. The number of ether oxygens (including phenoxy) is 1. The maximum atomic E-state index is 10.5. The number of hydrogen-bond donors (Lipinski definition) is 0. The van der Waals surface area contributed by atoms with E-state index in [9.17, 15) is 4.79 Å². The summed E-state index contributed by atoms with van der Waals surface area (Å²) in [6.07, 6.45) is 4.17. The number of methoxy groups -OCH3 is 1. The molecule has 14 heavy (non-hydrogen) atoms. The molecule has 3 nitrogen and oxygen atoms in total. The molecule has 1 unspecified atom stereocenters. The second kappa shape index (κ2) is 5.17. The van der Waals surface area contributed by atoms with Crippen molar-refractivity contribution in [3.8, 4) is 0 Å². The van der Waals surface area contributed by atoms with Crippen LogP contribution >= 0.6 is 0 Å². The lowest BCUT2D eigenvalue weighted by atomic mass is 10.1. The maximum Gasteiger partial charge on any atom is 0.184 e. The van der Waals surface area contributed by atoms with Crippen molar-refractivity contribution >= 4 is 6.29 Å². The largest absolute Gasteiger partial charge is 0.494 e. The van der Waals surface area contributed by atoms with Crippen LogP contribution in [-0.2, 0) is 9.53 Å². The van der Waals surface area contributed by atoms with E-state index in [0.717, 1.165) is 5.69 Å². The number of hydrogen-bond acceptors (Lipinski definition) is 3. The highest BCUT2D eigenvalue weighted by atomic mass is 16.5. The molecule has 3 heteroatoms. The molecule has 0 fully saturated rings. The fraction of sp³-hybridized carbons (Fsp3) is 0.273. The number of carbonyl (C=O) groups is 1. The normalized spacial score (nSPS) is 13.4. The van der Waals surface area contributed by atoms with E-state index in [2.05, 4.69) is 4.98 Å². The lowest BCUT2D eigenvalue weighted by Crippen LogP contribution is -1.96. The zero-order chi connectivity index (χ0) is 10.4. The SMILES string of the molecule is CO/C(C=O)=C\C(C)c1ccccn1. The average molecular weight is 191 g/mol. The topological polar surface area (TPSA) is 39.2 Å². The minimum Gasteiger partial charge on any atom is -0.494 e. The maximum absolute atomic E-state index is 10.5. The van der Waals surface area contributed by atoms with Crippen LogP contribution in [0.25, 0.3) is 0 Å². The smallest absolute Gasteiger partial charge is 0.184 e. The van der Waals surface area contributed by atoms with Gasteiger partial charge in [-0.3, -0.25) is 9.78 Å². The summed E-state index contributed by atoms with van der Waals surface area (Å²) in [5.41, 5.74) is 0.920. The third-order valence-corrected chi connectivity index (χ3v) is 1.92. The Labute approximate surface area is 83.4 Å². The second-order valence-electron chi connectivity index (χ2n) is 2.93. The lowest BCUT2D eigenvalue weighted by Gasteiger charge is -2.06. The van der Waals surface area contributed by atoms with Gasteiger partial charge in [0.15, 0.2) is 12.0 Å². The minimum atomic E-state index is 0.0800. The van der Waals surface area contributed by atoms with Crippen LogP contribution in [0.15, 0.2) is 36.2 Å². The summed E-state index contributed by atoms with van der Waals surface area (Å²) >= 11 is 0. The van der Waals surface area contributed by atoms with Crippen LogP contribution in [0, 0.1) is 0 Å². The number of carbonyl (C=O) groups excluding carboxylic acids is 1. The summed E-state index contributed by atoms with van der Waals surface area (Å²) in [6, 6.07) is 5.69. The second-order valence-corrected chi connectivity index (χ2v) is 2.93. The predicted octanol–water partition coefficient (Wildman–Crippen LogP) is 1.91. The number of allylic oxidation sites excluding steroid dienone is 2. The van der Waals surface area contributed by atoms with Crippen molar-refractivity contribution < 1.29 is 9.53 Å². The van der Waals surface area contributed by atoms with E-state index in [-0.39, 0.29) is 5.92 Å². The van der Waals surface area contributed by atoms with Crippen LogP contribution < -0.4 is 0 Å². The van der Waals surface area contributed by atoms with Gasteiger partial charge in [0, 0.05) is 17.8 Å².